The highest BCUT2D eigenvalue weighted by Crippen LogP contribution is 2.26. The molecule has 0 saturated carbocycles. The van der Waals surface area contributed by atoms with E-state index >= 15 is 0 Å². The number of allylic oxidation sites excluding steroid dienone is 1. The molecule has 2 aliphatic rings. The summed E-state index contributed by atoms with van der Waals surface area (Å²) in [5.41, 5.74) is 9.11. The Kier molecular flexibility index (Phi) is 10.2. The largest absolute Gasteiger partial charge is 0.381 e. The molecular weight excluding hydrogens is 516 g/mol. The smallest absolute Gasteiger partial charge is 0.261 e. The van der Waals surface area contributed by atoms with Crippen molar-refractivity contribution in [1.29, 1.82) is 0 Å². The van der Waals surface area contributed by atoms with Gasteiger partial charge in [-0.1, -0.05) is 44.2 Å². The number of alkyl halides is 2. The summed E-state index contributed by atoms with van der Waals surface area (Å²) in [7, 11) is 0. The minimum atomic E-state index is -2.63. The Hall–Kier alpha value is -3.44. The first-order valence-corrected chi connectivity index (χ1v) is 13.8. The summed E-state index contributed by atoms with van der Waals surface area (Å²) in [4.78, 5) is 23.2. The summed E-state index contributed by atoms with van der Waals surface area (Å²) in [6, 6.07) is 7.84. The van der Waals surface area contributed by atoms with Gasteiger partial charge in [-0.05, 0) is 36.0 Å². The van der Waals surface area contributed by atoms with Crippen LogP contribution in [0.1, 0.15) is 55.7 Å². The molecule has 216 valence electrons. The molecule has 3 heterocycles. The van der Waals surface area contributed by atoms with Crippen LogP contribution in [0, 0.1) is 0 Å². The predicted molar refractivity (Wildman–Crippen MR) is 153 cm³/mol. The average Bonchev–Trinajstić information content (AvgIpc) is 3.51. The normalized spacial score (nSPS) is 18.9. The van der Waals surface area contributed by atoms with Crippen molar-refractivity contribution < 1.29 is 18.3 Å². The average molecular weight is 556 g/mol. The number of ether oxygens (including phenoxy) is 1. The van der Waals surface area contributed by atoms with Crippen LogP contribution in [0.2, 0.25) is 0 Å². The van der Waals surface area contributed by atoms with Crippen molar-refractivity contribution in [3.8, 4) is 0 Å². The van der Waals surface area contributed by atoms with Crippen LogP contribution in [-0.4, -0.2) is 77.6 Å². The van der Waals surface area contributed by atoms with E-state index in [0.29, 0.717) is 19.6 Å². The van der Waals surface area contributed by atoms with Gasteiger partial charge in [-0.3, -0.25) is 14.7 Å². The molecule has 1 aromatic heterocycles. The Morgan fingerprint density at radius 2 is 2.08 bits per heavy atom. The maximum absolute atomic E-state index is 13.3. The van der Waals surface area contributed by atoms with E-state index in [1.165, 1.54) is 6.08 Å². The third-order valence-electron chi connectivity index (χ3n) is 7.02. The molecule has 4 rings (SSSR count). The standard InChI is InChI=1S/C29H39F2N7O2/c1-21(2)26-18-36-38(27(26)35-20-34-24-8-13-40-14-9-24)28(32)33-17-23-6-3-5-22(15-23)16-25(39)7-4-11-37-12-10-29(30,31)19-37/h3-7,15,18,20-21,24H,8-14,16-17,19H2,1-2H3,(H2,32,33)(H,34,35)/b7-4+. The molecule has 0 bridgehead atoms. The van der Waals surface area contributed by atoms with Crippen molar-refractivity contribution in [2.45, 2.75) is 64.0 Å². The number of rotatable bonds is 11. The lowest BCUT2D eigenvalue weighted by molar-refractivity contribution is -0.114. The van der Waals surface area contributed by atoms with Gasteiger partial charge in [0.25, 0.3) is 5.92 Å². The van der Waals surface area contributed by atoms with Crippen LogP contribution in [0.25, 0.3) is 0 Å². The summed E-state index contributed by atoms with van der Waals surface area (Å²) in [6.45, 7) is 6.38. The Bertz CT molecular complexity index is 1230. The van der Waals surface area contributed by atoms with Gasteiger partial charge < -0.3 is 15.8 Å². The third-order valence-corrected chi connectivity index (χ3v) is 7.02. The van der Waals surface area contributed by atoms with E-state index in [2.05, 4.69) is 34.2 Å². The van der Waals surface area contributed by atoms with Gasteiger partial charge in [-0.15, -0.1) is 0 Å². The van der Waals surface area contributed by atoms with E-state index < -0.39 is 5.92 Å². The number of aliphatic imine (C=N–C) groups is 2. The predicted octanol–water partition coefficient (Wildman–Crippen LogP) is 4.00. The summed E-state index contributed by atoms with van der Waals surface area (Å²) < 4.78 is 33.6. The number of nitrogens with zero attached hydrogens (tertiary/aromatic N) is 5. The minimum absolute atomic E-state index is 0.0815. The topological polar surface area (TPSA) is 110 Å². The zero-order chi connectivity index (χ0) is 28.5. The van der Waals surface area contributed by atoms with Crippen LogP contribution in [-0.2, 0) is 22.5 Å². The van der Waals surface area contributed by atoms with Crippen molar-refractivity contribution in [1.82, 2.24) is 14.7 Å². The molecule has 9 nitrogen and oxygen atoms in total. The van der Waals surface area contributed by atoms with Crippen LogP contribution in [0.3, 0.4) is 0 Å². The molecule has 0 aliphatic carbocycles. The molecule has 0 unspecified atom stereocenters. The van der Waals surface area contributed by atoms with Crippen LogP contribution in [0.5, 0.6) is 0 Å². The number of carbonyl (C=O) groups excluding carboxylic acids is 1. The molecule has 0 amide bonds. The number of ketones is 1. The summed E-state index contributed by atoms with van der Waals surface area (Å²) in [6.07, 6.45) is 8.52. The molecule has 0 radical (unpaired) electrons. The van der Waals surface area contributed by atoms with Crippen molar-refractivity contribution in [2.24, 2.45) is 15.7 Å². The second-order valence-corrected chi connectivity index (χ2v) is 10.7. The van der Waals surface area contributed by atoms with E-state index in [1.807, 2.05) is 24.3 Å². The molecule has 40 heavy (non-hydrogen) atoms. The van der Waals surface area contributed by atoms with Crippen LogP contribution in [0.15, 0.2) is 52.6 Å². The van der Waals surface area contributed by atoms with Gasteiger partial charge in [-0.2, -0.15) is 9.78 Å². The Labute approximate surface area is 234 Å². The number of halogens is 2. The van der Waals surface area contributed by atoms with Gasteiger partial charge in [0.15, 0.2) is 5.78 Å². The van der Waals surface area contributed by atoms with Gasteiger partial charge in [0, 0.05) is 44.7 Å². The molecule has 11 heteroatoms. The van der Waals surface area contributed by atoms with Crippen molar-refractivity contribution in [2.75, 3.05) is 38.2 Å². The molecule has 3 N–H and O–H groups in total. The van der Waals surface area contributed by atoms with E-state index in [9.17, 15) is 13.6 Å². The van der Waals surface area contributed by atoms with E-state index in [1.54, 1.807) is 28.2 Å². The number of carbonyl (C=O) groups is 1. The zero-order valence-corrected chi connectivity index (χ0v) is 23.2. The van der Waals surface area contributed by atoms with E-state index in [0.717, 1.165) is 48.6 Å². The highest BCUT2D eigenvalue weighted by atomic mass is 19.3. The Morgan fingerprint density at radius 3 is 2.80 bits per heavy atom. The minimum Gasteiger partial charge on any atom is -0.381 e. The quantitative estimate of drug-likeness (QED) is 0.246. The van der Waals surface area contributed by atoms with Crippen molar-refractivity contribution in [3.05, 3.63) is 59.3 Å². The fourth-order valence-electron chi connectivity index (χ4n) is 4.77. The number of benzene rings is 1. The van der Waals surface area contributed by atoms with E-state index in [-0.39, 0.29) is 43.1 Å². The van der Waals surface area contributed by atoms with Gasteiger partial charge in [-0.25, -0.2) is 13.8 Å². The fraction of sp³-hybridized carbons (Fsp3) is 0.517. The Morgan fingerprint density at radius 1 is 1.30 bits per heavy atom. The molecular formula is C29H39F2N7O2. The lowest BCUT2D eigenvalue weighted by atomic mass is 10.1. The van der Waals surface area contributed by atoms with Crippen molar-refractivity contribution >= 4 is 23.9 Å². The zero-order valence-electron chi connectivity index (χ0n) is 23.2. The number of aromatic nitrogens is 2. The second kappa shape index (κ2) is 13.8. The lowest BCUT2D eigenvalue weighted by Crippen LogP contribution is -2.26. The molecule has 2 aliphatic heterocycles. The van der Waals surface area contributed by atoms with Crippen molar-refractivity contribution in [3.63, 3.8) is 0 Å². The SMILES string of the molecule is CC(C)c1cnn(C(N)=NCc2cccc(CC(=O)/C=C/CN3CCC(F)(F)C3)c2)c1NC=NC1CCOCC1. The molecule has 2 aromatic rings. The van der Waals surface area contributed by atoms with Gasteiger partial charge in [0.1, 0.15) is 5.82 Å². The monoisotopic (exact) mass is 555 g/mol. The number of nitrogens with two attached hydrogens (primary N) is 1. The van der Waals surface area contributed by atoms with Crippen LogP contribution in [0.4, 0.5) is 14.6 Å². The maximum Gasteiger partial charge on any atom is 0.261 e. The fourth-order valence-corrected chi connectivity index (χ4v) is 4.77. The number of anilines is 1. The lowest BCUT2D eigenvalue weighted by Gasteiger charge is -2.18. The third kappa shape index (κ3) is 8.53. The van der Waals surface area contributed by atoms with E-state index in [4.69, 9.17) is 10.5 Å². The summed E-state index contributed by atoms with van der Waals surface area (Å²) >= 11 is 0. The molecule has 0 atom stereocenters. The number of hydrogen-bond donors (Lipinski definition) is 2. The molecule has 2 saturated heterocycles. The number of nitrogens with one attached hydrogen (secondary N) is 1. The maximum atomic E-state index is 13.3. The highest BCUT2D eigenvalue weighted by molar-refractivity contribution is 5.91. The Balaban J connectivity index is 1.35. The number of likely N-dealkylation sites (tertiary alicyclic amines) is 1. The highest BCUT2D eigenvalue weighted by Gasteiger charge is 2.37. The van der Waals surface area contributed by atoms with Crippen LogP contribution < -0.4 is 11.1 Å². The first-order valence-electron chi connectivity index (χ1n) is 13.8. The van der Waals surface area contributed by atoms with Crippen LogP contribution >= 0.6 is 0 Å². The molecule has 1 aromatic carbocycles. The summed E-state index contributed by atoms with van der Waals surface area (Å²) in [5, 5.41) is 7.72. The van der Waals surface area contributed by atoms with Gasteiger partial charge >= 0.3 is 0 Å². The van der Waals surface area contributed by atoms with Gasteiger partial charge in [0.2, 0.25) is 5.96 Å². The summed E-state index contributed by atoms with van der Waals surface area (Å²) in [5.74, 6) is -1.52. The first-order chi connectivity index (χ1) is 19.2. The second-order valence-electron chi connectivity index (χ2n) is 10.7. The van der Waals surface area contributed by atoms with Gasteiger partial charge in [0.05, 0.1) is 31.7 Å². The molecule has 0 spiro atoms. The number of hydrogen-bond acceptors (Lipinski definition) is 6. The first kappa shape index (κ1) is 29.5. The molecule has 2 fully saturated rings.